The van der Waals surface area contributed by atoms with Crippen molar-refractivity contribution in [3.05, 3.63) is 47.8 Å². The molecule has 2 fully saturated rings. The lowest BCUT2D eigenvalue weighted by molar-refractivity contribution is -0.137. The fraction of sp³-hybridized carbons (Fsp3) is 0.474. The fourth-order valence-corrected chi connectivity index (χ4v) is 3.99. The van der Waals surface area contributed by atoms with Crippen molar-refractivity contribution in [2.24, 2.45) is 11.8 Å². The molecule has 2 atom stereocenters. The van der Waals surface area contributed by atoms with E-state index in [2.05, 4.69) is 10.4 Å². The molecule has 0 radical (unpaired) electrons. The first-order valence-corrected chi connectivity index (χ1v) is 9.15. The summed E-state index contributed by atoms with van der Waals surface area (Å²) in [6, 6.07) is 6.48. The van der Waals surface area contributed by atoms with E-state index in [-0.39, 0.29) is 17.3 Å². The maximum absolute atomic E-state index is 12.9. The number of nitrogens with zero attached hydrogens (tertiary/aromatic N) is 3. The molecule has 3 heterocycles. The van der Waals surface area contributed by atoms with E-state index in [0.29, 0.717) is 24.9 Å². The molecular weight excluding hydrogens is 357 g/mol. The van der Waals surface area contributed by atoms with Crippen molar-refractivity contribution in [2.75, 3.05) is 26.2 Å². The summed E-state index contributed by atoms with van der Waals surface area (Å²) in [6.45, 7) is 3.41. The van der Waals surface area contributed by atoms with Crippen molar-refractivity contribution in [1.82, 2.24) is 20.0 Å². The molecule has 0 saturated carbocycles. The van der Waals surface area contributed by atoms with Gasteiger partial charge in [0.25, 0.3) is 5.91 Å². The van der Waals surface area contributed by atoms with Crippen LogP contribution in [0.5, 0.6) is 0 Å². The standard InChI is InChI=1S/C19H21F3N4O/c20-19(21,22)15-2-1-3-16(10-15)26-9-6-17(24-26)18(27)25-7-4-13-11-23-12-14(13)5-8-25/h1-3,6,9-10,13-14,23H,4-5,7-8,11-12H2/t13-,14+. The summed E-state index contributed by atoms with van der Waals surface area (Å²) in [5.74, 6) is 1.07. The van der Waals surface area contributed by atoms with Gasteiger partial charge in [-0.1, -0.05) is 6.07 Å². The largest absolute Gasteiger partial charge is 0.416 e. The van der Waals surface area contributed by atoms with Crippen LogP contribution in [0, 0.1) is 11.8 Å². The third-order valence-corrected chi connectivity index (χ3v) is 5.55. The Morgan fingerprint density at radius 1 is 1.11 bits per heavy atom. The van der Waals surface area contributed by atoms with Gasteiger partial charge in [0.1, 0.15) is 0 Å². The van der Waals surface area contributed by atoms with E-state index in [9.17, 15) is 18.0 Å². The quantitative estimate of drug-likeness (QED) is 0.874. The monoisotopic (exact) mass is 378 g/mol. The third kappa shape index (κ3) is 3.71. The molecule has 27 heavy (non-hydrogen) atoms. The second kappa shape index (κ2) is 6.99. The minimum Gasteiger partial charge on any atom is -0.337 e. The van der Waals surface area contributed by atoms with Crippen molar-refractivity contribution < 1.29 is 18.0 Å². The van der Waals surface area contributed by atoms with Crippen LogP contribution in [0.1, 0.15) is 28.9 Å². The van der Waals surface area contributed by atoms with Gasteiger partial charge in [-0.05, 0) is 62.0 Å². The highest BCUT2D eigenvalue weighted by molar-refractivity contribution is 5.92. The zero-order chi connectivity index (χ0) is 19.0. The lowest BCUT2D eigenvalue weighted by Crippen LogP contribution is -2.33. The molecule has 8 heteroatoms. The lowest BCUT2D eigenvalue weighted by atomic mass is 9.92. The van der Waals surface area contributed by atoms with Gasteiger partial charge in [-0.2, -0.15) is 18.3 Å². The van der Waals surface area contributed by atoms with E-state index in [1.54, 1.807) is 6.07 Å². The first-order valence-electron chi connectivity index (χ1n) is 9.15. The number of rotatable bonds is 2. The molecule has 2 aromatic rings. The number of amides is 1. The van der Waals surface area contributed by atoms with Crippen molar-refractivity contribution in [3.63, 3.8) is 0 Å². The van der Waals surface area contributed by atoms with Crippen LogP contribution in [-0.2, 0) is 6.18 Å². The van der Waals surface area contributed by atoms with Crippen LogP contribution in [0.4, 0.5) is 13.2 Å². The highest BCUT2D eigenvalue weighted by atomic mass is 19.4. The highest BCUT2D eigenvalue weighted by Gasteiger charge is 2.32. The Kier molecular flexibility index (Phi) is 4.67. The first-order chi connectivity index (χ1) is 12.9. The Morgan fingerprint density at radius 2 is 1.81 bits per heavy atom. The molecule has 0 spiro atoms. The zero-order valence-electron chi connectivity index (χ0n) is 14.7. The normalized spacial score (nSPS) is 23.1. The predicted molar refractivity (Wildman–Crippen MR) is 93.6 cm³/mol. The summed E-state index contributed by atoms with van der Waals surface area (Å²) in [4.78, 5) is 14.6. The number of carbonyl (C=O) groups excluding carboxylic acids is 1. The van der Waals surface area contributed by atoms with Gasteiger partial charge < -0.3 is 10.2 Å². The predicted octanol–water partition coefficient (Wildman–Crippen LogP) is 2.96. The minimum absolute atomic E-state index is 0.159. The Labute approximate surface area is 155 Å². The van der Waals surface area contributed by atoms with Gasteiger partial charge in [0.2, 0.25) is 0 Å². The molecule has 0 unspecified atom stereocenters. The number of carbonyl (C=O) groups is 1. The maximum atomic E-state index is 12.9. The van der Waals surface area contributed by atoms with Crippen molar-refractivity contribution in [2.45, 2.75) is 19.0 Å². The van der Waals surface area contributed by atoms with Gasteiger partial charge in [-0.25, -0.2) is 4.68 Å². The molecule has 1 amide bonds. The van der Waals surface area contributed by atoms with Crippen LogP contribution in [0.15, 0.2) is 36.5 Å². The number of fused-ring (bicyclic) bond motifs is 1. The Hall–Kier alpha value is -2.35. The van der Waals surface area contributed by atoms with Crippen LogP contribution in [0.25, 0.3) is 5.69 Å². The van der Waals surface area contributed by atoms with Crippen LogP contribution >= 0.6 is 0 Å². The van der Waals surface area contributed by atoms with Gasteiger partial charge in [-0.15, -0.1) is 0 Å². The van der Waals surface area contributed by atoms with Gasteiger partial charge >= 0.3 is 6.18 Å². The Morgan fingerprint density at radius 3 is 2.48 bits per heavy atom. The smallest absolute Gasteiger partial charge is 0.337 e. The first kappa shape index (κ1) is 18.0. The molecule has 0 bridgehead atoms. The molecule has 144 valence electrons. The van der Waals surface area contributed by atoms with E-state index in [1.165, 1.54) is 23.0 Å². The SMILES string of the molecule is O=C(c1ccn(-c2cccc(C(F)(F)F)c2)n1)N1CC[C@@H]2CNC[C@@H]2CC1. The molecule has 1 N–H and O–H groups in total. The van der Waals surface area contributed by atoms with Crippen LogP contribution in [0.2, 0.25) is 0 Å². The topological polar surface area (TPSA) is 50.2 Å². The second-order valence-electron chi connectivity index (χ2n) is 7.24. The molecule has 2 aliphatic heterocycles. The van der Waals surface area contributed by atoms with E-state index in [4.69, 9.17) is 0 Å². The number of alkyl halides is 3. The number of benzene rings is 1. The Balaban J connectivity index is 1.50. The van der Waals surface area contributed by atoms with E-state index >= 15 is 0 Å². The summed E-state index contributed by atoms with van der Waals surface area (Å²) >= 11 is 0. The van der Waals surface area contributed by atoms with E-state index in [0.717, 1.165) is 38.1 Å². The van der Waals surface area contributed by atoms with Gasteiger partial charge in [0, 0.05) is 19.3 Å². The van der Waals surface area contributed by atoms with Crippen LogP contribution < -0.4 is 5.32 Å². The van der Waals surface area contributed by atoms with Crippen LogP contribution in [0.3, 0.4) is 0 Å². The maximum Gasteiger partial charge on any atom is 0.416 e. The zero-order valence-corrected chi connectivity index (χ0v) is 14.7. The molecule has 1 aromatic heterocycles. The number of hydrogen-bond acceptors (Lipinski definition) is 3. The lowest BCUT2D eigenvalue weighted by Gasteiger charge is -2.19. The number of nitrogens with one attached hydrogen (secondary N) is 1. The molecule has 4 rings (SSSR count). The Bertz CT molecular complexity index is 818. The van der Waals surface area contributed by atoms with E-state index in [1.807, 2.05) is 4.90 Å². The average molecular weight is 378 g/mol. The summed E-state index contributed by atoms with van der Waals surface area (Å²) in [6.07, 6.45) is -0.949. The minimum atomic E-state index is -4.42. The van der Waals surface area contributed by atoms with Crippen molar-refractivity contribution in [3.8, 4) is 5.69 Å². The number of hydrogen-bond donors (Lipinski definition) is 1. The number of aromatic nitrogens is 2. The van der Waals surface area contributed by atoms with Crippen molar-refractivity contribution >= 4 is 5.91 Å². The molecular formula is C19H21F3N4O. The third-order valence-electron chi connectivity index (χ3n) is 5.55. The fourth-order valence-electron chi connectivity index (χ4n) is 3.99. The van der Waals surface area contributed by atoms with Gasteiger partial charge in [0.05, 0.1) is 11.3 Å². The number of halogens is 3. The highest BCUT2D eigenvalue weighted by Crippen LogP contribution is 2.30. The van der Waals surface area contributed by atoms with E-state index < -0.39 is 11.7 Å². The molecule has 1 aromatic carbocycles. The van der Waals surface area contributed by atoms with Gasteiger partial charge in [0.15, 0.2) is 5.69 Å². The summed E-state index contributed by atoms with van der Waals surface area (Å²) < 4.78 is 40.0. The molecule has 5 nitrogen and oxygen atoms in total. The summed E-state index contributed by atoms with van der Waals surface area (Å²) in [5.41, 5.74) is -0.200. The summed E-state index contributed by atoms with van der Waals surface area (Å²) in [7, 11) is 0. The molecule has 0 aliphatic carbocycles. The van der Waals surface area contributed by atoms with Crippen molar-refractivity contribution in [1.29, 1.82) is 0 Å². The van der Waals surface area contributed by atoms with Gasteiger partial charge in [-0.3, -0.25) is 4.79 Å². The summed E-state index contributed by atoms with van der Waals surface area (Å²) in [5, 5.41) is 7.63. The van der Waals surface area contributed by atoms with Crippen LogP contribution in [-0.4, -0.2) is 46.8 Å². The average Bonchev–Trinajstić information content (AvgIpc) is 3.27. The second-order valence-corrected chi connectivity index (χ2v) is 7.24. The number of likely N-dealkylation sites (tertiary alicyclic amines) is 1. The molecule has 2 aliphatic rings. The molecule has 2 saturated heterocycles.